The third kappa shape index (κ3) is 3.25. The van der Waals surface area contributed by atoms with E-state index in [1.54, 1.807) is 12.4 Å². The average molecular weight is 261 g/mol. The van der Waals surface area contributed by atoms with Gasteiger partial charge in [0.1, 0.15) is 5.69 Å². The lowest BCUT2D eigenvalue weighted by molar-refractivity contribution is -0.386. The van der Waals surface area contributed by atoms with E-state index < -0.39 is 16.4 Å². The number of aromatic nitrogens is 1. The van der Waals surface area contributed by atoms with Gasteiger partial charge >= 0.3 is 5.69 Å². The Morgan fingerprint density at radius 3 is 2.84 bits per heavy atom. The average Bonchev–Trinajstić information content (AvgIpc) is 2.39. The summed E-state index contributed by atoms with van der Waals surface area (Å²) < 4.78 is 13.4. The summed E-state index contributed by atoms with van der Waals surface area (Å²) in [5, 5.41) is 13.7. The molecular formula is C13H12FN3O2. The Labute approximate surface area is 109 Å². The van der Waals surface area contributed by atoms with Gasteiger partial charge in [0.25, 0.3) is 0 Å². The summed E-state index contributed by atoms with van der Waals surface area (Å²) in [6.45, 7) is 0.468. The zero-order valence-electron chi connectivity index (χ0n) is 10.0. The van der Waals surface area contributed by atoms with Crippen molar-refractivity contribution in [2.24, 2.45) is 0 Å². The lowest BCUT2D eigenvalue weighted by Crippen LogP contribution is -2.07. The molecular weight excluding hydrogens is 249 g/mol. The summed E-state index contributed by atoms with van der Waals surface area (Å²) in [4.78, 5) is 14.0. The van der Waals surface area contributed by atoms with Crippen LogP contribution < -0.4 is 5.32 Å². The molecule has 0 unspecified atom stereocenters. The van der Waals surface area contributed by atoms with Crippen LogP contribution in [-0.2, 0) is 6.42 Å². The normalized spacial score (nSPS) is 10.2. The molecule has 19 heavy (non-hydrogen) atoms. The molecule has 1 aromatic heterocycles. The number of anilines is 1. The fourth-order valence-electron chi connectivity index (χ4n) is 1.73. The first kappa shape index (κ1) is 12.9. The molecule has 0 bridgehead atoms. The molecule has 0 aliphatic carbocycles. The largest absolute Gasteiger partial charge is 0.379 e. The van der Waals surface area contributed by atoms with Crippen molar-refractivity contribution in [1.29, 1.82) is 0 Å². The molecule has 0 amide bonds. The Hall–Kier alpha value is -2.50. The maximum atomic E-state index is 13.4. The second-order valence-electron chi connectivity index (χ2n) is 3.93. The minimum absolute atomic E-state index is 0.189. The first-order valence-electron chi connectivity index (χ1n) is 5.74. The molecule has 2 rings (SSSR count). The Morgan fingerprint density at radius 2 is 2.16 bits per heavy atom. The standard InChI is InChI=1S/C13H12FN3O2/c14-11-4-1-5-12(13(11)17(18)19)16-8-6-10-3-2-7-15-9-10/h1-5,7,9,16H,6,8H2. The Kier molecular flexibility index (Phi) is 4.02. The fraction of sp³-hybridized carbons (Fsp3) is 0.154. The molecule has 1 N–H and O–H groups in total. The summed E-state index contributed by atoms with van der Waals surface area (Å²) in [6, 6.07) is 7.73. The Morgan fingerprint density at radius 1 is 1.32 bits per heavy atom. The van der Waals surface area contributed by atoms with Gasteiger partial charge in [0.2, 0.25) is 5.82 Å². The van der Waals surface area contributed by atoms with Gasteiger partial charge < -0.3 is 5.32 Å². The molecule has 0 atom stereocenters. The number of pyridine rings is 1. The molecule has 5 nitrogen and oxygen atoms in total. The van der Waals surface area contributed by atoms with Gasteiger partial charge in [-0.1, -0.05) is 12.1 Å². The summed E-state index contributed by atoms with van der Waals surface area (Å²) in [6.07, 6.45) is 4.05. The van der Waals surface area contributed by atoms with Gasteiger partial charge in [-0.3, -0.25) is 15.1 Å². The van der Waals surface area contributed by atoms with E-state index in [1.165, 1.54) is 12.1 Å². The third-order valence-corrected chi connectivity index (χ3v) is 2.62. The molecule has 0 saturated heterocycles. The van der Waals surface area contributed by atoms with Crippen LogP contribution in [0.3, 0.4) is 0 Å². The Bertz CT molecular complexity index is 575. The second-order valence-corrected chi connectivity index (χ2v) is 3.93. The molecule has 98 valence electrons. The van der Waals surface area contributed by atoms with Crippen molar-refractivity contribution in [1.82, 2.24) is 4.98 Å². The van der Waals surface area contributed by atoms with E-state index in [4.69, 9.17) is 0 Å². The van der Waals surface area contributed by atoms with Gasteiger partial charge in [0, 0.05) is 18.9 Å². The lowest BCUT2D eigenvalue weighted by atomic mass is 10.2. The molecule has 0 radical (unpaired) electrons. The van der Waals surface area contributed by atoms with E-state index in [1.807, 2.05) is 12.1 Å². The van der Waals surface area contributed by atoms with Crippen molar-refractivity contribution in [2.75, 3.05) is 11.9 Å². The molecule has 0 saturated carbocycles. The third-order valence-electron chi connectivity index (χ3n) is 2.62. The number of para-hydroxylation sites is 1. The number of hydrogen-bond acceptors (Lipinski definition) is 4. The van der Waals surface area contributed by atoms with Crippen molar-refractivity contribution in [2.45, 2.75) is 6.42 Å². The zero-order valence-corrected chi connectivity index (χ0v) is 10.0. The molecule has 0 aliphatic rings. The van der Waals surface area contributed by atoms with E-state index in [2.05, 4.69) is 10.3 Å². The number of nitro groups is 1. The monoisotopic (exact) mass is 261 g/mol. The van der Waals surface area contributed by atoms with Gasteiger partial charge in [-0.15, -0.1) is 0 Å². The van der Waals surface area contributed by atoms with Crippen LogP contribution >= 0.6 is 0 Å². The SMILES string of the molecule is O=[N+]([O-])c1c(F)cccc1NCCc1cccnc1. The predicted molar refractivity (Wildman–Crippen MR) is 69.5 cm³/mol. The quantitative estimate of drug-likeness (QED) is 0.663. The Balaban J connectivity index is 2.04. The number of nitrogens with zero attached hydrogens (tertiary/aromatic N) is 2. The highest BCUT2D eigenvalue weighted by Gasteiger charge is 2.19. The van der Waals surface area contributed by atoms with Crippen LogP contribution in [0.1, 0.15) is 5.56 Å². The summed E-state index contributed by atoms with van der Waals surface area (Å²) in [7, 11) is 0. The van der Waals surface area contributed by atoms with Gasteiger partial charge in [-0.05, 0) is 30.2 Å². The zero-order chi connectivity index (χ0) is 13.7. The molecule has 2 aromatic rings. The first-order chi connectivity index (χ1) is 9.18. The number of nitrogens with one attached hydrogen (secondary N) is 1. The maximum Gasteiger partial charge on any atom is 0.327 e. The number of halogens is 1. The predicted octanol–water partition coefficient (Wildman–Crippen LogP) is 2.78. The smallest absolute Gasteiger partial charge is 0.327 e. The highest BCUT2D eigenvalue weighted by molar-refractivity contribution is 5.61. The summed E-state index contributed by atoms with van der Waals surface area (Å²) >= 11 is 0. The fourth-order valence-corrected chi connectivity index (χ4v) is 1.73. The van der Waals surface area contributed by atoms with Crippen LogP contribution in [0.4, 0.5) is 15.8 Å². The second kappa shape index (κ2) is 5.90. The molecule has 6 heteroatoms. The van der Waals surface area contributed by atoms with Crippen LogP contribution in [0.5, 0.6) is 0 Å². The van der Waals surface area contributed by atoms with Crippen LogP contribution in [0.2, 0.25) is 0 Å². The van der Waals surface area contributed by atoms with Crippen LogP contribution in [-0.4, -0.2) is 16.5 Å². The summed E-state index contributed by atoms with van der Waals surface area (Å²) in [5.41, 5.74) is 0.677. The van der Waals surface area contributed by atoms with Crippen LogP contribution in [0.15, 0.2) is 42.7 Å². The highest BCUT2D eigenvalue weighted by Crippen LogP contribution is 2.26. The van der Waals surface area contributed by atoms with Crippen LogP contribution in [0, 0.1) is 15.9 Å². The number of hydrogen-bond donors (Lipinski definition) is 1. The maximum absolute atomic E-state index is 13.4. The summed E-state index contributed by atoms with van der Waals surface area (Å²) in [5.74, 6) is -0.837. The number of rotatable bonds is 5. The van der Waals surface area contributed by atoms with Crippen molar-refractivity contribution in [3.63, 3.8) is 0 Å². The molecule has 1 heterocycles. The topological polar surface area (TPSA) is 68.1 Å². The van der Waals surface area contributed by atoms with Crippen molar-refractivity contribution >= 4 is 11.4 Å². The van der Waals surface area contributed by atoms with Gasteiger partial charge in [0.05, 0.1) is 4.92 Å². The van der Waals surface area contributed by atoms with Crippen molar-refractivity contribution in [3.05, 3.63) is 64.2 Å². The molecule has 1 aromatic carbocycles. The minimum atomic E-state index is -0.837. The van der Waals surface area contributed by atoms with Gasteiger partial charge in [-0.2, -0.15) is 4.39 Å². The van der Waals surface area contributed by atoms with Crippen LogP contribution in [0.25, 0.3) is 0 Å². The van der Waals surface area contributed by atoms with Crippen molar-refractivity contribution in [3.8, 4) is 0 Å². The van der Waals surface area contributed by atoms with Gasteiger partial charge in [-0.25, -0.2) is 0 Å². The highest BCUT2D eigenvalue weighted by atomic mass is 19.1. The molecule has 0 fully saturated rings. The van der Waals surface area contributed by atoms with E-state index in [0.29, 0.717) is 13.0 Å². The van der Waals surface area contributed by atoms with E-state index >= 15 is 0 Å². The first-order valence-corrected chi connectivity index (χ1v) is 5.74. The number of nitro benzene ring substituents is 1. The van der Waals surface area contributed by atoms with E-state index in [-0.39, 0.29) is 5.69 Å². The van der Waals surface area contributed by atoms with E-state index in [0.717, 1.165) is 11.6 Å². The molecule has 0 spiro atoms. The lowest BCUT2D eigenvalue weighted by Gasteiger charge is -2.07. The minimum Gasteiger partial charge on any atom is -0.379 e. The molecule has 0 aliphatic heterocycles. The van der Waals surface area contributed by atoms with Gasteiger partial charge in [0.15, 0.2) is 0 Å². The van der Waals surface area contributed by atoms with E-state index in [9.17, 15) is 14.5 Å². The van der Waals surface area contributed by atoms with Crippen molar-refractivity contribution < 1.29 is 9.31 Å². The number of benzene rings is 1.